The Hall–Kier alpha value is -0.480. The van der Waals surface area contributed by atoms with E-state index in [-0.39, 0.29) is 0 Å². The minimum atomic E-state index is 0.659. The van der Waals surface area contributed by atoms with Crippen molar-refractivity contribution < 1.29 is 4.58 Å². The summed E-state index contributed by atoms with van der Waals surface area (Å²) in [4.78, 5) is 0. The van der Waals surface area contributed by atoms with Gasteiger partial charge in [0.1, 0.15) is 6.54 Å². The average Bonchev–Trinajstić information content (AvgIpc) is 1.98. The molecule has 0 amide bonds. The number of hydrogen-bond acceptors (Lipinski definition) is 2. The van der Waals surface area contributed by atoms with E-state index in [2.05, 4.69) is 6.58 Å². The quantitative estimate of drug-likeness (QED) is 0.287. The first kappa shape index (κ1) is 11.5. The summed E-state index contributed by atoms with van der Waals surface area (Å²) in [5.74, 6) is 0.867. The zero-order chi connectivity index (χ0) is 9.56. The molecular formula is C8H18N3S+. The molecule has 4 heteroatoms. The van der Waals surface area contributed by atoms with E-state index in [0.29, 0.717) is 6.54 Å². The lowest BCUT2D eigenvalue weighted by atomic mass is 10.3. The molecule has 12 heavy (non-hydrogen) atoms. The summed E-state index contributed by atoms with van der Waals surface area (Å²) in [5, 5.41) is 0.809. The molecule has 0 aromatic heterocycles. The summed E-state index contributed by atoms with van der Waals surface area (Å²) in [6.45, 7) is 7.26. The fraction of sp³-hybridized carbons (Fsp3) is 0.625. The van der Waals surface area contributed by atoms with Gasteiger partial charge in [-0.1, -0.05) is 6.58 Å². The van der Waals surface area contributed by atoms with Crippen LogP contribution in [-0.2, 0) is 0 Å². The largest absolute Gasteiger partial charge is 0.330 e. The lowest BCUT2D eigenvalue weighted by Gasteiger charge is -2.02. The molecule has 0 saturated heterocycles. The SMILES string of the molecule is C=C(C)C[N+](C)=C(N)SCCN. The van der Waals surface area contributed by atoms with Gasteiger partial charge in [-0.15, -0.1) is 0 Å². The van der Waals surface area contributed by atoms with E-state index in [4.69, 9.17) is 11.5 Å². The van der Waals surface area contributed by atoms with Crippen molar-refractivity contribution in [2.45, 2.75) is 6.92 Å². The van der Waals surface area contributed by atoms with Crippen LogP contribution in [0.15, 0.2) is 12.2 Å². The molecule has 0 fully saturated rings. The predicted octanol–water partition coefficient (Wildman–Crippen LogP) is 0.211. The Bertz CT molecular complexity index is 187. The van der Waals surface area contributed by atoms with Crippen molar-refractivity contribution >= 4 is 16.9 Å². The summed E-state index contributed by atoms with van der Waals surface area (Å²) >= 11 is 1.58. The van der Waals surface area contributed by atoms with Crippen LogP contribution in [0.2, 0.25) is 0 Å². The number of amidine groups is 1. The molecule has 0 aromatic rings. The Morgan fingerprint density at radius 2 is 2.17 bits per heavy atom. The topological polar surface area (TPSA) is 55.0 Å². The summed E-state index contributed by atoms with van der Waals surface area (Å²) in [7, 11) is 1.95. The van der Waals surface area contributed by atoms with Crippen LogP contribution >= 0.6 is 11.8 Å². The molecule has 0 aliphatic carbocycles. The minimum Gasteiger partial charge on any atom is -0.330 e. The molecule has 0 radical (unpaired) electrons. The number of nitrogens with two attached hydrogens (primary N) is 2. The van der Waals surface area contributed by atoms with Gasteiger partial charge in [-0.05, 0) is 24.3 Å². The van der Waals surface area contributed by atoms with Crippen LogP contribution in [0.3, 0.4) is 0 Å². The average molecular weight is 188 g/mol. The number of likely N-dealkylation sites (N-methyl/N-ethyl adjacent to an activating group) is 1. The predicted molar refractivity (Wildman–Crippen MR) is 56.6 cm³/mol. The van der Waals surface area contributed by atoms with Gasteiger partial charge >= 0.3 is 5.17 Å². The second-order valence-corrected chi connectivity index (χ2v) is 3.90. The Balaban J connectivity index is 3.97. The van der Waals surface area contributed by atoms with Gasteiger partial charge in [0, 0.05) is 12.3 Å². The van der Waals surface area contributed by atoms with Crippen LogP contribution < -0.4 is 11.5 Å². The first-order chi connectivity index (χ1) is 5.57. The third-order valence-electron chi connectivity index (χ3n) is 1.25. The highest BCUT2D eigenvalue weighted by Crippen LogP contribution is 1.98. The molecule has 0 aromatic carbocycles. The summed E-state index contributed by atoms with van der Waals surface area (Å²) in [6, 6.07) is 0. The van der Waals surface area contributed by atoms with E-state index >= 15 is 0 Å². The van der Waals surface area contributed by atoms with E-state index in [1.807, 2.05) is 18.5 Å². The lowest BCUT2D eigenvalue weighted by Crippen LogP contribution is -2.25. The Labute approximate surface area is 78.5 Å². The molecule has 0 atom stereocenters. The molecule has 0 unspecified atom stereocenters. The molecule has 0 spiro atoms. The van der Waals surface area contributed by atoms with Gasteiger partial charge in [-0.25, -0.2) is 0 Å². The van der Waals surface area contributed by atoms with Crippen LogP contribution in [0.5, 0.6) is 0 Å². The monoisotopic (exact) mass is 188 g/mol. The number of thioether (sulfide) groups is 1. The first-order valence-electron chi connectivity index (χ1n) is 3.88. The number of nitrogens with zero attached hydrogens (tertiary/aromatic N) is 1. The molecule has 0 rings (SSSR count). The van der Waals surface area contributed by atoms with E-state index in [1.165, 1.54) is 0 Å². The molecule has 70 valence electrons. The second-order valence-electron chi connectivity index (χ2n) is 2.79. The van der Waals surface area contributed by atoms with Crippen molar-refractivity contribution in [1.82, 2.24) is 0 Å². The Morgan fingerprint density at radius 1 is 1.58 bits per heavy atom. The zero-order valence-electron chi connectivity index (χ0n) is 7.84. The molecule has 3 nitrogen and oxygen atoms in total. The fourth-order valence-corrected chi connectivity index (χ4v) is 1.37. The third-order valence-corrected chi connectivity index (χ3v) is 2.30. The molecule has 0 aliphatic heterocycles. The molecular weight excluding hydrogens is 170 g/mol. The normalized spacial score (nSPS) is 12.6. The van der Waals surface area contributed by atoms with Gasteiger partial charge in [0.15, 0.2) is 0 Å². The summed E-state index contributed by atoms with van der Waals surface area (Å²) in [5.41, 5.74) is 12.2. The van der Waals surface area contributed by atoms with Crippen molar-refractivity contribution in [3.63, 3.8) is 0 Å². The smallest absolute Gasteiger partial charge is 0.304 e. The highest BCUT2D eigenvalue weighted by molar-refractivity contribution is 8.13. The van der Waals surface area contributed by atoms with Gasteiger partial charge in [-0.3, -0.25) is 10.3 Å². The van der Waals surface area contributed by atoms with Gasteiger partial charge in [0.05, 0.1) is 7.05 Å². The standard InChI is InChI=1S/C8H17N3S/c1-7(2)6-11(3)8(10)12-5-4-9/h10H,1,4-6,9H2,2-3H3/p+1. The van der Waals surface area contributed by atoms with Crippen molar-refractivity contribution in [2.75, 3.05) is 25.9 Å². The molecule has 0 saturated carbocycles. The van der Waals surface area contributed by atoms with Crippen LogP contribution in [0, 0.1) is 0 Å². The maximum Gasteiger partial charge on any atom is 0.304 e. The van der Waals surface area contributed by atoms with Crippen LogP contribution in [-0.4, -0.2) is 35.6 Å². The Kier molecular flexibility index (Phi) is 5.84. The van der Waals surface area contributed by atoms with E-state index in [0.717, 1.165) is 23.0 Å². The summed E-state index contributed by atoms with van der Waals surface area (Å²) < 4.78 is 1.97. The van der Waals surface area contributed by atoms with Crippen molar-refractivity contribution in [1.29, 1.82) is 0 Å². The Morgan fingerprint density at radius 3 is 2.58 bits per heavy atom. The van der Waals surface area contributed by atoms with Crippen molar-refractivity contribution in [2.24, 2.45) is 11.5 Å². The molecule has 0 aliphatic rings. The molecule has 0 heterocycles. The van der Waals surface area contributed by atoms with Gasteiger partial charge in [-0.2, -0.15) is 0 Å². The second kappa shape index (κ2) is 6.08. The fourth-order valence-electron chi connectivity index (χ4n) is 0.756. The van der Waals surface area contributed by atoms with Gasteiger partial charge < -0.3 is 5.73 Å². The maximum absolute atomic E-state index is 5.76. The van der Waals surface area contributed by atoms with Crippen molar-refractivity contribution in [3.8, 4) is 0 Å². The van der Waals surface area contributed by atoms with E-state index in [9.17, 15) is 0 Å². The van der Waals surface area contributed by atoms with E-state index < -0.39 is 0 Å². The highest BCUT2D eigenvalue weighted by Gasteiger charge is 2.03. The van der Waals surface area contributed by atoms with Gasteiger partial charge in [0.2, 0.25) is 0 Å². The lowest BCUT2D eigenvalue weighted by molar-refractivity contribution is -0.486. The number of hydrogen-bond donors (Lipinski definition) is 2. The molecule has 0 bridgehead atoms. The highest BCUT2D eigenvalue weighted by atomic mass is 32.2. The summed E-state index contributed by atoms with van der Waals surface area (Å²) in [6.07, 6.45) is 0. The first-order valence-corrected chi connectivity index (χ1v) is 4.87. The zero-order valence-corrected chi connectivity index (χ0v) is 8.66. The van der Waals surface area contributed by atoms with Crippen LogP contribution in [0.1, 0.15) is 6.92 Å². The van der Waals surface area contributed by atoms with Gasteiger partial charge in [0.25, 0.3) is 0 Å². The maximum atomic E-state index is 5.76. The van der Waals surface area contributed by atoms with E-state index in [1.54, 1.807) is 11.8 Å². The minimum absolute atomic E-state index is 0.659. The number of rotatable bonds is 4. The third kappa shape index (κ3) is 5.21. The van der Waals surface area contributed by atoms with Crippen molar-refractivity contribution in [3.05, 3.63) is 12.2 Å². The van der Waals surface area contributed by atoms with Crippen LogP contribution in [0.25, 0.3) is 0 Å². The molecule has 4 N–H and O–H groups in total. The van der Waals surface area contributed by atoms with Crippen LogP contribution in [0.4, 0.5) is 0 Å².